The molecule has 2 heterocycles. The van der Waals surface area contributed by atoms with E-state index in [0.717, 1.165) is 49.3 Å². The molecule has 0 bridgehead atoms. The van der Waals surface area contributed by atoms with E-state index < -0.39 is 0 Å². The molecule has 1 aliphatic rings. The summed E-state index contributed by atoms with van der Waals surface area (Å²) in [5.74, 6) is 1.34. The highest BCUT2D eigenvalue weighted by atomic mass is 16.2. The van der Waals surface area contributed by atoms with Gasteiger partial charge >= 0.3 is 0 Å². The summed E-state index contributed by atoms with van der Waals surface area (Å²) in [6, 6.07) is 27.6. The lowest BCUT2D eigenvalue weighted by atomic mass is 10.0. The fourth-order valence-electron chi connectivity index (χ4n) is 4.89. The lowest BCUT2D eigenvalue weighted by molar-refractivity contribution is -0.131. The number of hydrogen-bond donors (Lipinski definition) is 0. The normalized spacial score (nSPS) is 14.7. The predicted molar refractivity (Wildman–Crippen MR) is 129 cm³/mol. The number of fused-ring (bicyclic) bond motifs is 1. The highest BCUT2D eigenvalue weighted by Gasteiger charge is 2.26. The number of amides is 1. The van der Waals surface area contributed by atoms with Crippen LogP contribution in [0.25, 0.3) is 11.0 Å². The minimum absolute atomic E-state index is 0.231. The second-order valence-electron chi connectivity index (χ2n) is 8.83. The van der Waals surface area contributed by atoms with Crippen molar-refractivity contribution < 1.29 is 4.79 Å². The highest BCUT2D eigenvalue weighted by Crippen LogP contribution is 2.30. The third kappa shape index (κ3) is 4.31. The largest absolute Gasteiger partial charge is 0.342 e. The van der Waals surface area contributed by atoms with Gasteiger partial charge < -0.3 is 9.47 Å². The Kier molecular flexibility index (Phi) is 5.76. The van der Waals surface area contributed by atoms with E-state index in [2.05, 4.69) is 78.2 Å². The zero-order valence-corrected chi connectivity index (χ0v) is 18.6. The fraction of sp³-hybridized carbons (Fsp3) is 0.286. The summed E-state index contributed by atoms with van der Waals surface area (Å²) in [6.07, 6.45) is 3.23. The number of aryl methyl sites for hydroxylation is 1. The smallest absolute Gasteiger partial charge is 0.226 e. The van der Waals surface area contributed by atoms with Crippen LogP contribution in [-0.4, -0.2) is 33.4 Å². The van der Waals surface area contributed by atoms with E-state index in [1.54, 1.807) is 0 Å². The van der Waals surface area contributed by atoms with Crippen LogP contribution in [-0.2, 0) is 17.6 Å². The number of hydrogen-bond acceptors (Lipinski definition) is 2. The molecule has 0 unspecified atom stereocenters. The number of likely N-dealkylation sites (tertiary alicyclic amines) is 1. The lowest BCUT2D eigenvalue weighted by Crippen LogP contribution is -2.40. The minimum Gasteiger partial charge on any atom is -0.342 e. The summed E-state index contributed by atoms with van der Waals surface area (Å²) in [4.78, 5) is 19.9. The lowest BCUT2D eigenvalue weighted by Gasteiger charge is -2.34. The number of benzene rings is 3. The van der Waals surface area contributed by atoms with E-state index in [9.17, 15) is 4.79 Å². The second kappa shape index (κ2) is 8.99. The minimum atomic E-state index is 0.231. The molecule has 0 N–H and O–H groups in total. The van der Waals surface area contributed by atoms with Crippen LogP contribution in [0.5, 0.6) is 0 Å². The standard InChI is InChI=1S/C28H29N3O/c1-21-8-7-11-23(18-21)20-28(32)30-16-14-24(15-17-30)31-26-13-6-5-12-25(26)29-27(31)19-22-9-3-2-4-10-22/h2-13,18,24H,14-17,19-20H2,1H3. The van der Waals surface area contributed by atoms with E-state index >= 15 is 0 Å². The molecule has 1 saturated heterocycles. The van der Waals surface area contributed by atoms with E-state index in [0.29, 0.717) is 12.5 Å². The summed E-state index contributed by atoms with van der Waals surface area (Å²) in [5, 5.41) is 0. The zero-order chi connectivity index (χ0) is 21.9. The maximum absolute atomic E-state index is 12.9. The zero-order valence-electron chi connectivity index (χ0n) is 18.6. The summed E-state index contributed by atoms with van der Waals surface area (Å²) >= 11 is 0. The van der Waals surface area contributed by atoms with Crippen LogP contribution in [0.4, 0.5) is 0 Å². The monoisotopic (exact) mass is 423 g/mol. The van der Waals surface area contributed by atoms with Crippen LogP contribution in [0.2, 0.25) is 0 Å². The molecular weight excluding hydrogens is 394 g/mol. The Balaban J connectivity index is 1.33. The van der Waals surface area contributed by atoms with E-state index in [4.69, 9.17) is 4.98 Å². The highest BCUT2D eigenvalue weighted by molar-refractivity contribution is 5.79. The van der Waals surface area contributed by atoms with Gasteiger partial charge in [0, 0.05) is 25.6 Å². The van der Waals surface area contributed by atoms with Crippen molar-refractivity contribution in [3.63, 3.8) is 0 Å². The Morgan fingerprint density at radius 3 is 2.41 bits per heavy atom. The van der Waals surface area contributed by atoms with Gasteiger partial charge in [-0.15, -0.1) is 0 Å². The predicted octanol–water partition coefficient (Wildman–Crippen LogP) is 5.34. The molecule has 1 amide bonds. The summed E-state index contributed by atoms with van der Waals surface area (Å²) < 4.78 is 2.44. The summed E-state index contributed by atoms with van der Waals surface area (Å²) in [7, 11) is 0. The molecule has 1 aliphatic heterocycles. The first-order valence-corrected chi connectivity index (χ1v) is 11.5. The van der Waals surface area contributed by atoms with Crippen LogP contribution in [0.3, 0.4) is 0 Å². The molecule has 1 aromatic heterocycles. The van der Waals surface area contributed by atoms with Gasteiger partial charge in [-0.3, -0.25) is 4.79 Å². The molecule has 0 aliphatic carbocycles. The van der Waals surface area contributed by atoms with Crippen molar-refractivity contribution in [2.75, 3.05) is 13.1 Å². The van der Waals surface area contributed by atoms with Crippen molar-refractivity contribution in [3.8, 4) is 0 Å². The number of rotatable bonds is 5. The molecule has 1 fully saturated rings. The first-order valence-electron chi connectivity index (χ1n) is 11.5. The maximum atomic E-state index is 12.9. The first kappa shape index (κ1) is 20.5. The molecule has 4 aromatic rings. The third-order valence-corrected chi connectivity index (χ3v) is 6.49. The van der Waals surface area contributed by atoms with Crippen LogP contribution in [0, 0.1) is 6.92 Å². The van der Waals surface area contributed by atoms with Crippen molar-refractivity contribution in [1.29, 1.82) is 0 Å². The molecule has 5 rings (SSSR count). The van der Waals surface area contributed by atoms with Gasteiger partial charge in [0.2, 0.25) is 5.91 Å². The van der Waals surface area contributed by atoms with Gasteiger partial charge in [0.05, 0.1) is 17.5 Å². The van der Waals surface area contributed by atoms with Crippen molar-refractivity contribution >= 4 is 16.9 Å². The Morgan fingerprint density at radius 2 is 1.62 bits per heavy atom. The number of imidazole rings is 1. The van der Waals surface area contributed by atoms with E-state index in [1.807, 2.05) is 17.0 Å². The van der Waals surface area contributed by atoms with Gasteiger partial charge in [-0.1, -0.05) is 72.3 Å². The molecule has 32 heavy (non-hydrogen) atoms. The van der Waals surface area contributed by atoms with Gasteiger partial charge in [0.15, 0.2) is 0 Å². The maximum Gasteiger partial charge on any atom is 0.226 e. The first-order chi connectivity index (χ1) is 15.7. The van der Waals surface area contributed by atoms with Crippen molar-refractivity contribution in [2.45, 2.75) is 38.6 Å². The van der Waals surface area contributed by atoms with Gasteiger partial charge in [-0.25, -0.2) is 4.98 Å². The topological polar surface area (TPSA) is 38.1 Å². The van der Waals surface area contributed by atoms with E-state index in [-0.39, 0.29) is 5.91 Å². The van der Waals surface area contributed by atoms with Gasteiger partial charge in [-0.2, -0.15) is 0 Å². The molecule has 162 valence electrons. The number of para-hydroxylation sites is 2. The Morgan fingerprint density at radius 1 is 0.906 bits per heavy atom. The number of carbonyl (C=O) groups excluding carboxylic acids is 1. The fourth-order valence-corrected chi connectivity index (χ4v) is 4.89. The number of nitrogens with zero attached hydrogens (tertiary/aromatic N) is 3. The second-order valence-corrected chi connectivity index (χ2v) is 8.83. The van der Waals surface area contributed by atoms with Gasteiger partial charge in [0.1, 0.15) is 5.82 Å². The molecule has 0 spiro atoms. The van der Waals surface area contributed by atoms with Crippen LogP contribution < -0.4 is 0 Å². The van der Waals surface area contributed by atoms with Crippen LogP contribution in [0.1, 0.15) is 41.4 Å². The number of carbonyl (C=O) groups is 1. The van der Waals surface area contributed by atoms with Gasteiger partial charge in [0.25, 0.3) is 0 Å². The Labute approximate surface area is 189 Å². The Hall–Kier alpha value is -3.40. The third-order valence-electron chi connectivity index (χ3n) is 6.49. The summed E-state index contributed by atoms with van der Waals surface area (Å²) in [5.41, 5.74) is 5.82. The SMILES string of the molecule is Cc1cccc(CC(=O)N2CCC(n3c(Cc4ccccc4)nc4ccccc43)CC2)c1. The van der Waals surface area contributed by atoms with Crippen LogP contribution >= 0.6 is 0 Å². The molecule has 0 atom stereocenters. The van der Waals surface area contributed by atoms with Crippen molar-refractivity contribution in [2.24, 2.45) is 0 Å². The van der Waals surface area contributed by atoms with E-state index in [1.165, 1.54) is 16.6 Å². The van der Waals surface area contributed by atoms with Gasteiger partial charge in [-0.05, 0) is 43.0 Å². The molecule has 0 radical (unpaired) electrons. The summed E-state index contributed by atoms with van der Waals surface area (Å²) in [6.45, 7) is 3.67. The number of piperidine rings is 1. The Bertz CT molecular complexity index is 1220. The average molecular weight is 424 g/mol. The molecule has 4 nitrogen and oxygen atoms in total. The quantitative estimate of drug-likeness (QED) is 0.434. The average Bonchev–Trinajstić information content (AvgIpc) is 3.17. The van der Waals surface area contributed by atoms with Crippen molar-refractivity contribution in [1.82, 2.24) is 14.5 Å². The molecule has 4 heteroatoms. The molecule has 3 aromatic carbocycles. The van der Waals surface area contributed by atoms with Crippen LogP contribution in [0.15, 0.2) is 78.9 Å². The molecule has 0 saturated carbocycles. The van der Waals surface area contributed by atoms with Crippen molar-refractivity contribution in [3.05, 3.63) is 101 Å². The number of aromatic nitrogens is 2. The molecular formula is C28H29N3O.